The zero-order valence-electron chi connectivity index (χ0n) is 12.6. The molecule has 0 radical (unpaired) electrons. The molecule has 0 saturated carbocycles. The summed E-state index contributed by atoms with van der Waals surface area (Å²) >= 11 is 0. The smallest absolute Gasteiger partial charge is 0.269 e. The van der Waals surface area contributed by atoms with E-state index in [1.165, 1.54) is 18.7 Å². The van der Waals surface area contributed by atoms with Gasteiger partial charge in [-0.3, -0.25) is 4.79 Å². The van der Waals surface area contributed by atoms with Gasteiger partial charge in [0.25, 0.3) is 15.6 Å². The van der Waals surface area contributed by atoms with E-state index >= 15 is 0 Å². The summed E-state index contributed by atoms with van der Waals surface area (Å²) in [5, 5.41) is 0.762. The number of pyridine rings is 1. The Kier molecular flexibility index (Phi) is 3.04. The van der Waals surface area contributed by atoms with Gasteiger partial charge in [0.1, 0.15) is 0 Å². The number of fused-ring (bicyclic) bond motifs is 3. The van der Waals surface area contributed by atoms with Crippen LogP contribution in [-0.4, -0.2) is 27.3 Å². The molecule has 0 aliphatic rings. The zero-order valence-corrected chi connectivity index (χ0v) is 13.4. The van der Waals surface area contributed by atoms with Crippen LogP contribution in [0.2, 0.25) is 0 Å². The molecule has 4 aromatic rings. The highest BCUT2D eigenvalue weighted by Crippen LogP contribution is 2.24. The predicted molar refractivity (Wildman–Crippen MR) is 89.4 cm³/mol. The fraction of sp³-hybridized carbons (Fsp3) is 0.0625. The molecule has 120 valence electrons. The Morgan fingerprint density at radius 2 is 1.83 bits per heavy atom. The molecule has 0 atom stereocenters. The van der Waals surface area contributed by atoms with Gasteiger partial charge in [0.2, 0.25) is 0 Å². The molecule has 3 aromatic heterocycles. The summed E-state index contributed by atoms with van der Waals surface area (Å²) in [4.78, 5) is 23.0. The molecule has 0 bridgehead atoms. The number of nitrogens with one attached hydrogen (secondary N) is 1. The van der Waals surface area contributed by atoms with Crippen molar-refractivity contribution in [2.45, 2.75) is 11.8 Å². The number of hydrogen-bond acceptors (Lipinski definition) is 5. The van der Waals surface area contributed by atoms with Crippen molar-refractivity contribution in [3.05, 3.63) is 65.0 Å². The van der Waals surface area contributed by atoms with Crippen LogP contribution in [0.5, 0.6) is 0 Å². The Balaban J connectivity index is 2.03. The quantitative estimate of drug-likeness (QED) is 0.600. The molecule has 0 aliphatic carbocycles. The monoisotopic (exact) mass is 340 g/mol. The third-order valence-electron chi connectivity index (χ3n) is 3.86. The summed E-state index contributed by atoms with van der Waals surface area (Å²) in [6, 6.07) is 8.12. The SMILES string of the molecule is Cc1ccc(S(=O)(=O)n2ccc3c4c(=O)[nH]cnc4cnc32)cc1. The van der Waals surface area contributed by atoms with Crippen molar-refractivity contribution in [3.63, 3.8) is 0 Å². The van der Waals surface area contributed by atoms with Gasteiger partial charge in [-0.05, 0) is 25.1 Å². The van der Waals surface area contributed by atoms with E-state index in [0.717, 1.165) is 9.54 Å². The molecular weight excluding hydrogens is 328 g/mol. The van der Waals surface area contributed by atoms with Gasteiger partial charge in [-0.2, -0.15) is 0 Å². The molecule has 0 fully saturated rings. The summed E-state index contributed by atoms with van der Waals surface area (Å²) in [7, 11) is -3.80. The number of aromatic amines is 1. The Hall–Kier alpha value is -3.00. The number of hydrogen-bond donors (Lipinski definition) is 1. The standard InChI is InChI=1S/C16H12N4O3S/c1-10-2-4-11(5-3-10)24(22,23)20-7-6-12-14-13(8-17-15(12)20)18-9-19-16(14)21/h2-9H,1H3,(H,18,19,21). The molecule has 7 nitrogen and oxygen atoms in total. The molecular formula is C16H12N4O3S. The minimum atomic E-state index is -3.80. The Morgan fingerprint density at radius 3 is 2.58 bits per heavy atom. The molecule has 3 heterocycles. The number of rotatable bonds is 2. The first-order chi connectivity index (χ1) is 11.5. The van der Waals surface area contributed by atoms with Crippen molar-refractivity contribution in [2.75, 3.05) is 0 Å². The van der Waals surface area contributed by atoms with Gasteiger partial charge in [-0.15, -0.1) is 0 Å². The average Bonchev–Trinajstić information content (AvgIpc) is 3.00. The zero-order chi connectivity index (χ0) is 16.9. The fourth-order valence-electron chi connectivity index (χ4n) is 2.64. The van der Waals surface area contributed by atoms with Crippen LogP contribution in [0.15, 0.2) is 58.7 Å². The summed E-state index contributed by atoms with van der Waals surface area (Å²) in [6.45, 7) is 1.88. The van der Waals surface area contributed by atoms with E-state index in [1.807, 2.05) is 6.92 Å². The van der Waals surface area contributed by atoms with Crippen LogP contribution in [0.25, 0.3) is 21.9 Å². The van der Waals surface area contributed by atoms with Crippen LogP contribution in [0, 0.1) is 6.92 Å². The Labute approximate surface area is 136 Å². The van der Waals surface area contributed by atoms with Gasteiger partial charge in [0.05, 0.1) is 28.3 Å². The van der Waals surface area contributed by atoms with E-state index in [9.17, 15) is 13.2 Å². The largest absolute Gasteiger partial charge is 0.313 e. The number of H-pyrrole nitrogens is 1. The molecule has 8 heteroatoms. The predicted octanol–water partition coefficient (Wildman–Crippen LogP) is 1.82. The van der Waals surface area contributed by atoms with Crippen molar-refractivity contribution < 1.29 is 8.42 Å². The lowest BCUT2D eigenvalue weighted by Gasteiger charge is -2.07. The maximum absolute atomic E-state index is 12.9. The third-order valence-corrected chi connectivity index (χ3v) is 5.55. The van der Waals surface area contributed by atoms with Crippen molar-refractivity contribution >= 4 is 32.0 Å². The highest BCUT2D eigenvalue weighted by Gasteiger charge is 2.21. The Morgan fingerprint density at radius 1 is 1.08 bits per heavy atom. The molecule has 0 spiro atoms. The first-order valence-corrected chi connectivity index (χ1v) is 8.58. The van der Waals surface area contributed by atoms with Crippen LogP contribution in [-0.2, 0) is 10.0 Å². The minimum absolute atomic E-state index is 0.160. The van der Waals surface area contributed by atoms with Gasteiger partial charge in [-0.25, -0.2) is 22.4 Å². The third kappa shape index (κ3) is 2.04. The van der Waals surface area contributed by atoms with E-state index < -0.39 is 10.0 Å². The van der Waals surface area contributed by atoms with Gasteiger partial charge in [0, 0.05) is 11.6 Å². The van der Waals surface area contributed by atoms with Crippen molar-refractivity contribution in [2.24, 2.45) is 0 Å². The summed E-state index contributed by atoms with van der Waals surface area (Å²) in [5.41, 5.74) is 1.24. The van der Waals surface area contributed by atoms with Crippen LogP contribution in [0.1, 0.15) is 5.56 Å². The first kappa shape index (κ1) is 14.6. The molecule has 1 aromatic carbocycles. The minimum Gasteiger partial charge on any atom is -0.313 e. The Bertz CT molecular complexity index is 1240. The summed E-state index contributed by atoms with van der Waals surface area (Å²) in [6.07, 6.45) is 4.09. The van der Waals surface area contributed by atoms with Crippen LogP contribution >= 0.6 is 0 Å². The number of aryl methyl sites for hydroxylation is 1. The number of aromatic nitrogens is 4. The lowest BCUT2D eigenvalue weighted by Crippen LogP contribution is -2.13. The van der Waals surface area contributed by atoms with Gasteiger partial charge in [0.15, 0.2) is 5.65 Å². The van der Waals surface area contributed by atoms with Crippen molar-refractivity contribution in [3.8, 4) is 0 Å². The second kappa shape index (κ2) is 5.00. The van der Waals surface area contributed by atoms with Gasteiger partial charge >= 0.3 is 0 Å². The number of benzene rings is 1. The first-order valence-electron chi connectivity index (χ1n) is 7.14. The fourth-order valence-corrected chi connectivity index (χ4v) is 3.94. The maximum Gasteiger partial charge on any atom is 0.269 e. The van der Waals surface area contributed by atoms with Crippen LogP contribution < -0.4 is 5.56 Å². The molecule has 0 saturated heterocycles. The second-order valence-electron chi connectivity index (χ2n) is 5.42. The average molecular weight is 340 g/mol. The van der Waals surface area contributed by atoms with Crippen LogP contribution in [0.4, 0.5) is 0 Å². The van der Waals surface area contributed by atoms with E-state index in [0.29, 0.717) is 16.3 Å². The van der Waals surface area contributed by atoms with Crippen molar-refractivity contribution in [1.82, 2.24) is 18.9 Å². The lowest BCUT2D eigenvalue weighted by molar-refractivity contribution is 0.589. The molecule has 0 amide bonds. The molecule has 4 rings (SSSR count). The van der Waals surface area contributed by atoms with Crippen LogP contribution in [0.3, 0.4) is 0 Å². The lowest BCUT2D eigenvalue weighted by atomic mass is 10.2. The highest BCUT2D eigenvalue weighted by molar-refractivity contribution is 7.90. The summed E-state index contributed by atoms with van der Waals surface area (Å²) < 4.78 is 26.8. The van der Waals surface area contributed by atoms with E-state index in [-0.39, 0.29) is 16.1 Å². The van der Waals surface area contributed by atoms with Crippen molar-refractivity contribution in [1.29, 1.82) is 0 Å². The second-order valence-corrected chi connectivity index (χ2v) is 7.23. The van der Waals surface area contributed by atoms with E-state index in [2.05, 4.69) is 15.0 Å². The molecule has 0 unspecified atom stereocenters. The van der Waals surface area contributed by atoms with E-state index in [4.69, 9.17) is 0 Å². The topological polar surface area (TPSA) is 97.7 Å². The number of nitrogens with zero attached hydrogens (tertiary/aromatic N) is 3. The normalized spacial score (nSPS) is 12.0. The molecule has 1 N–H and O–H groups in total. The van der Waals surface area contributed by atoms with Gasteiger partial charge in [-0.1, -0.05) is 17.7 Å². The maximum atomic E-state index is 12.9. The molecule has 24 heavy (non-hydrogen) atoms. The summed E-state index contributed by atoms with van der Waals surface area (Å²) in [5.74, 6) is 0. The van der Waals surface area contributed by atoms with Gasteiger partial charge < -0.3 is 4.98 Å². The molecule has 0 aliphatic heterocycles. The van der Waals surface area contributed by atoms with E-state index in [1.54, 1.807) is 30.3 Å². The highest BCUT2D eigenvalue weighted by atomic mass is 32.2.